The number of benzene rings is 3. The third-order valence-corrected chi connectivity index (χ3v) is 6.19. The molecule has 0 spiro atoms. The van der Waals surface area contributed by atoms with Gasteiger partial charge in [0.05, 0.1) is 10.6 Å². The molecular formula is C25H18N2O4S. The maximum Gasteiger partial charge on any atom is 0.354 e. The van der Waals surface area contributed by atoms with Crippen LogP contribution >= 0.6 is 0 Å². The Morgan fingerprint density at radius 2 is 1.66 bits per heavy atom. The topological polar surface area (TPSA) is 96.4 Å². The minimum atomic E-state index is -3.83. The van der Waals surface area contributed by atoms with Crippen LogP contribution in [0.3, 0.4) is 0 Å². The predicted octanol–water partition coefficient (Wildman–Crippen LogP) is 4.44. The van der Waals surface area contributed by atoms with Crippen molar-refractivity contribution in [2.45, 2.75) is 11.8 Å². The highest BCUT2D eigenvalue weighted by molar-refractivity contribution is 7.92. The van der Waals surface area contributed by atoms with Crippen LogP contribution in [0.4, 0.5) is 5.69 Å². The average molecular weight is 442 g/mol. The van der Waals surface area contributed by atoms with Crippen LogP contribution < -0.4 is 4.72 Å². The van der Waals surface area contributed by atoms with E-state index in [1.807, 2.05) is 24.3 Å². The summed E-state index contributed by atoms with van der Waals surface area (Å²) in [5, 5.41) is 10.9. The van der Waals surface area contributed by atoms with Crippen molar-refractivity contribution in [3.05, 3.63) is 101 Å². The molecule has 0 radical (unpaired) electrons. The van der Waals surface area contributed by atoms with Gasteiger partial charge in [-0.05, 0) is 53.6 Å². The molecule has 2 N–H and O–H groups in total. The second-order valence-corrected chi connectivity index (χ2v) is 8.79. The van der Waals surface area contributed by atoms with E-state index in [-0.39, 0.29) is 10.6 Å². The van der Waals surface area contributed by atoms with Crippen molar-refractivity contribution >= 4 is 32.5 Å². The highest BCUT2D eigenvalue weighted by Crippen LogP contribution is 2.23. The van der Waals surface area contributed by atoms with Crippen molar-refractivity contribution < 1.29 is 18.3 Å². The first-order valence-corrected chi connectivity index (χ1v) is 11.1. The Kier molecular flexibility index (Phi) is 5.63. The fraction of sp³-hybridized carbons (Fsp3) is 0.0400. The number of hydrogen-bond acceptors (Lipinski definition) is 4. The number of hydrogen-bond donors (Lipinski definition) is 2. The lowest BCUT2D eigenvalue weighted by Gasteiger charge is -2.10. The second kappa shape index (κ2) is 8.53. The summed E-state index contributed by atoms with van der Waals surface area (Å²) in [5.74, 6) is 4.76. The number of sulfonamides is 1. The molecule has 0 amide bonds. The van der Waals surface area contributed by atoms with E-state index in [2.05, 4.69) is 21.5 Å². The maximum absolute atomic E-state index is 13.0. The molecular weight excluding hydrogens is 424 g/mol. The summed E-state index contributed by atoms with van der Waals surface area (Å²) in [7, 11) is -3.83. The van der Waals surface area contributed by atoms with Gasteiger partial charge in [-0.3, -0.25) is 4.72 Å². The number of carbonyl (C=O) groups is 1. The lowest BCUT2D eigenvalue weighted by Crippen LogP contribution is -2.13. The monoisotopic (exact) mass is 442 g/mol. The minimum Gasteiger partial charge on any atom is -0.477 e. The number of para-hydroxylation sites is 1. The van der Waals surface area contributed by atoms with Gasteiger partial charge in [-0.25, -0.2) is 18.2 Å². The molecule has 1 aromatic heterocycles. The third-order valence-electron chi connectivity index (χ3n) is 4.82. The van der Waals surface area contributed by atoms with E-state index >= 15 is 0 Å². The van der Waals surface area contributed by atoms with Gasteiger partial charge in [0, 0.05) is 17.3 Å². The number of carboxylic acids is 1. The summed E-state index contributed by atoms with van der Waals surface area (Å²) in [4.78, 5) is 15.2. The van der Waals surface area contributed by atoms with Gasteiger partial charge >= 0.3 is 5.97 Å². The Morgan fingerprint density at radius 1 is 0.938 bits per heavy atom. The number of fused-ring (bicyclic) bond motifs is 1. The minimum absolute atomic E-state index is 0.0286. The van der Waals surface area contributed by atoms with Gasteiger partial charge in [-0.1, -0.05) is 54.3 Å². The molecule has 3 aromatic carbocycles. The Hall–Kier alpha value is -4.15. The fourth-order valence-electron chi connectivity index (χ4n) is 3.23. The summed E-state index contributed by atoms with van der Waals surface area (Å²) in [5.41, 5.74) is 1.82. The van der Waals surface area contributed by atoms with Crippen LogP contribution in [-0.2, 0) is 10.0 Å². The number of rotatable bonds is 4. The molecule has 7 heteroatoms. The number of aromatic nitrogens is 1. The summed E-state index contributed by atoms with van der Waals surface area (Å²) in [6, 6.07) is 21.0. The largest absolute Gasteiger partial charge is 0.477 e. The van der Waals surface area contributed by atoms with Crippen LogP contribution in [-0.4, -0.2) is 24.5 Å². The molecule has 0 atom stereocenters. The van der Waals surface area contributed by atoms with E-state index in [0.29, 0.717) is 22.4 Å². The van der Waals surface area contributed by atoms with E-state index in [0.717, 1.165) is 10.8 Å². The van der Waals surface area contributed by atoms with Gasteiger partial charge in [-0.15, -0.1) is 0 Å². The van der Waals surface area contributed by atoms with E-state index in [9.17, 15) is 13.2 Å². The zero-order chi connectivity index (χ0) is 22.7. The number of aryl methyl sites for hydroxylation is 1. The van der Waals surface area contributed by atoms with E-state index in [4.69, 9.17) is 5.11 Å². The van der Waals surface area contributed by atoms with Crippen molar-refractivity contribution in [1.82, 2.24) is 4.98 Å². The molecule has 32 heavy (non-hydrogen) atoms. The van der Waals surface area contributed by atoms with Gasteiger partial charge in [-0.2, -0.15) is 0 Å². The number of nitrogens with zero attached hydrogens (tertiary/aromatic N) is 1. The van der Waals surface area contributed by atoms with Crippen LogP contribution in [0.15, 0.2) is 83.9 Å². The molecule has 4 aromatic rings. The molecule has 0 bridgehead atoms. The van der Waals surface area contributed by atoms with Crippen LogP contribution in [0.25, 0.3) is 10.8 Å². The molecule has 0 fully saturated rings. The number of aromatic carboxylic acids is 1. The van der Waals surface area contributed by atoms with E-state index in [1.54, 1.807) is 55.5 Å². The Bertz CT molecular complexity index is 1520. The van der Waals surface area contributed by atoms with Crippen LogP contribution in [0.2, 0.25) is 0 Å². The number of carboxylic acid groups (broad SMARTS) is 1. The first kappa shape index (κ1) is 21.1. The van der Waals surface area contributed by atoms with Crippen LogP contribution in [0, 0.1) is 18.8 Å². The molecule has 0 saturated carbocycles. The summed E-state index contributed by atoms with van der Waals surface area (Å²) < 4.78 is 28.6. The smallest absolute Gasteiger partial charge is 0.354 e. The third kappa shape index (κ3) is 4.46. The second-order valence-electron chi connectivity index (χ2n) is 7.10. The lowest BCUT2D eigenvalue weighted by atomic mass is 10.1. The first-order chi connectivity index (χ1) is 15.3. The zero-order valence-corrected chi connectivity index (χ0v) is 17.8. The molecule has 0 aliphatic rings. The van der Waals surface area contributed by atoms with Crippen LogP contribution in [0.1, 0.15) is 27.2 Å². The Balaban J connectivity index is 1.65. The fourth-order valence-corrected chi connectivity index (χ4v) is 4.34. The van der Waals surface area contributed by atoms with Crippen molar-refractivity contribution in [1.29, 1.82) is 0 Å². The standard InChI is InChI=1S/C25H18N2O4S/c1-17-14-18(16-26-24(17)25(28)29)10-11-20-7-4-5-9-23(20)27-32(30,31)22-13-12-19-6-2-3-8-21(19)15-22/h2-9,12-16,27H,1H3,(H,28,29). The van der Waals surface area contributed by atoms with Crippen LogP contribution in [0.5, 0.6) is 0 Å². The van der Waals surface area contributed by atoms with Gasteiger partial charge in [0.25, 0.3) is 10.0 Å². The van der Waals surface area contributed by atoms with Crippen molar-refractivity contribution in [3.63, 3.8) is 0 Å². The van der Waals surface area contributed by atoms with E-state index in [1.165, 1.54) is 6.20 Å². The normalized spacial score (nSPS) is 10.9. The molecule has 0 unspecified atom stereocenters. The summed E-state index contributed by atoms with van der Waals surface area (Å²) in [6.07, 6.45) is 1.38. The van der Waals surface area contributed by atoms with Crippen molar-refractivity contribution in [2.24, 2.45) is 0 Å². The molecule has 0 aliphatic heterocycles. The Labute approximate surface area is 185 Å². The SMILES string of the molecule is Cc1cc(C#Cc2ccccc2NS(=O)(=O)c2ccc3ccccc3c2)cnc1C(=O)O. The van der Waals surface area contributed by atoms with Crippen molar-refractivity contribution in [3.8, 4) is 11.8 Å². The zero-order valence-electron chi connectivity index (χ0n) is 17.0. The highest BCUT2D eigenvalue weighted by Gasteiger charge is 2.16. The van der Waals surface area contributed by atoms with Crippen molar-refractivity contribution in [2.75, 3.05) is 4.72 Å². The van der Waals surface area contributed by atoms with Gasteiger partial charge in [0.2, 0.25) is 0 Å². The number of pyridine rings is 1. The van der Waals surface area contributed by atoms with Gasteiger partial charge < -0.3 is 5.11 Å². The molecule has 158 valence electrons. The number of anilines is 1. The molecule has 0 aliphatic carbocycles. The average Bonchev–Trinajstić information content (AvgIpc) is 2.77. The Morgan fingerprint density at radius 3 is 2.41 bits per heavy atom. The summed E-state index contributed by atoms with van der Waals surface area (Å²) >= 11 is 0. The molecule has 4 rings (SSSR count). The van der Waals surface area contributed by atoms with Gasteiger partial charge in [0.15, 0.2) is 5.69 Å². The summed E-state index contributed by atoms with van der Waals surface area (Å²) in [6.45, 7) is 1.65. The molecule has 0 saturated heterocycles. The quantitative estimate of drug-likeness (QED) is 0.456. The molecule has 1 heterocycles. The van der Waals surface area contributed by atoms with E-state index < -0.39 is 16.0 Å². The first-order valence-electron chi connectivity index (χ1n) is 9.66. The van der Waals surface area contributed by atoms with Gasteiger partial charge in [0.1, 0.15) is 0 Å². The number of nitrogens with one attached hydrogen (secondary N) is 1. The lowest BCUT2D eigenvalue weighted by molar-refractivity contribution is 0.0689. The highest BCUT2D eigenvalue weighted by atomic mass is 32.2. The predicted molar refractivity (Wildman–Crippen MR) is 123 cm³/mol. The maximum atomic E-state index is 13.0. The molecule has 6 nitrogen and oxygen atoms in total.